The van der Waals surface area contributed by atoms with Gasteiger partial charge in [-0.25, -0.2) is 0 Å². The third kappa shape index (κ3) is 4.02. The van der Waals surface area contributed by atoms with Crippen molar-refractivity contribution in [1.29, 1.82) is 0 Å². The third-order valence-electron chi connectivity index (χ3n) is 2.19. The van der Waals surface area contributed by atoms with Crippen LogP contribution in [0.25, 0.3) is 0 Å². The fraction of sp³-hybridized carbons (Fsp3) is 1.00. The molecule has 0 spiro atoms. The van der Waals surface area contributed by atoms with Gasteiger partial charge in [0.1, 0.15) is 0 Å². The smallest absolute Gasteiger partial charge is 0.0198 e. The van der Waals surface area contributed by atoms with Gasteiger partial charge in [0.05, 0.1) is 0 Å². The summed E-state index contributed by atoms with van der Waals surface area (Å²) >= 11 is 2.01. The highest BCUT2D eigenvalue weighted by Gasteiger charge is 2.15. The Morgan fingerprint density at radius 1 is 1.18 bits per heavy atom. The summed E-state index contributed by atoms with van der Waals surface area (Å²) in [4.78, 5) is 0. The van der Waals surface area contributed by atoms with E-state index in [0.717, 1.165) is 12.5 Å². The van der Waals surface area contributed by atoms with Crippen molar-refractivity contribution in [3.63, 3.8) is 0 Å². The lowest BCUT2D eigenvalue weighted by molar-refractivity contribution is 0.475. The van der Waals surface area contributed by atoms with Crippen molar-refractivity contribution in [3.8, 4) is 0 Å². The van der Waals surface area contributed by atoms with Gasteiger partial charge in [0, 0.05) is 11.8 Å². The van der Waals surface area contributed by atoms with Gasteiger partial charge in [-0.1, -0.05) is 33.6 Å². The molecule has 2 heteroatoms. The Hall–Kier alpha value is 0.310. The van der Waals surface area contributed by atoms with Gasteiger partial charge in [-0.2, -0.15) is 11.8 Å². The summed E-state index contributed by atoms with van der Waals surface area (Å²) in [5.41, 5.74) is 5.69. The summed E-state index contributed by atoms with van der Waals surface area (Å²) in [6.07, 6.45) is 2.54. The molecule has 0 aromatic heterocycles. The first-order chi connectivity index (χ1) is 5.29. The molecule has 2 N–H and O–H groups in total. The van der Waals surface area contributed by atoms with Crippen LogP contribution in [0, 0.1) is 5.92 Å². The van der Waals surface area contributed by atoms with Crippen LogP contribution in [0.4, 0.5) is 0 Å². The van der Waals surface area contributed by atoms with Gasteiger partial charge < -0.3 is 5.73 Å². The fourth-order valence-corrected chi connectivity index (χ4v) is 2.65. The molecule has 0 aromatic rings. The zero-order valence-corrected chi connectivity index (χ0v) is 8.79. The number of thioether (sulfide) groups is 1. The molecule has 0 amide bonds. The number of hydrogen-bond donors (Lipinski definition) is 1. The summed E-state index contributed by atoms with van der Waals surface area (Å²) in [5.74, 6) is 2.02. The van der Waals surface area contributed by atoms with Crippen molar-refractivity contribution in [1.82, 2.24) is 0 Å². The molecule has 0 heterocycles. The Morgan fingerprint density at radius 2 is 1.73 bits per heavy atom. The highest BCUT2D eigenvalue weighted by molar-refractivity contribution is 7.99. The molecule has 1 nitrogen and oxygen atoms in total. The molecule has 0 aromatic carbocycles. The van der Waals surface area contributed by atoms with Crippen LogP contribution in [-0.2, 0) is 0 Å². The topological polar surface area (TPSA) is 26.0 Å². The predicted molar refractivity (Wildman–Crippen MR) is 55.0 cm³/mol. The second kappa shape index (κ2) is 6.99. The first-order valence-electron chi connectivity index (χ1n) is 4.61. The van der Waals surface area contributed by atoms with Gasteiger partial charge >= 0.3 is 0 Å². The molecule has 11 heavy (non-hydrogen) atoms. The summed E-state index contributed by atoms with van der Waals surface area (Å²) in [5, 5.41) is 0.690. The summed E-state index contributed by atoms with van der Waals surface area (Å²) < 4.78 is 0. The van der Waals surface area contributed by atoms with Crippen LogP contribution in [-0.4, -0.2) is 17.5 Å². The Labute approximate surface area is 75.1 Å². The lowest BCUT2D eigenvalue weighted by atomic mass is 9.99. The van der Waals surface area contributed by atoms with Crippen LogP contribution < -0.4 is 5.73 Å². The molecular weight excluding hydrogens is 154 g/mol. The molecule has 0 bridgehead atoms. The van der Waals surface area contributed by atoms with Crippen LogP contribution in [0.3, 0.4) is 0 Å². The van der Waals surface area contributed by atoms with E-state index in [-0.39, 0.29) is 0 Å². The van der Waals surface area contributed by atoms with E-state index in [4.69, 9.17) is 5.73 Å². The Kier molecular flexibility index (Phi) is 7.18. The summed E-state index contributed by atoms with van der Waals surface area (Å²) in [7, 11) is 0. The van der Waals surface area contributed by atoms with E-state index in [1.807, 2.05) is 11.8 Å². The van der Waals surface area contributed by atoms with Crippen molar-refractivity contribution in [3.05, 3.63) is 0 Å². The predicted octanol–water partition coefficient (Wildman–Crippen LogP) is 2.50. The van der Waals surface area contributed by atoms with Crippen LogP contribution >= 0.6 is 11.8 Å². The molecule has 0 radical (unpaired) electrons. The Bertz CT molecular complexity index is 81.6. The molecule has 0 aliphatic carbocycles. The Balaban J connectivity index is 3.76. The molecule has 1 atom stereocenters. The zero-order valence-electron chi connectivity index (χ0n) is 7.97. The molecule has 68 valence electrons. The van der Waals surface area contributed by atoms with E-state index in [2.05, 4.69) is 20.8 Å². The van der Waals surface area contributed by atoms with Crippen molar-refractivity contribution >= 4 is 11.8 Å². The SMILES string of the molecule is CCSC(CN)C(CC)CC. The monoisotopic (exact) mass is 175 g/mol. The first-order valence-corrected chi connectivity index (χ1v) is 5.66. The molecule has 0 aliphatic heterocycles. The highest BCUT2D eigenvalue weighted by atomic mass is 32.2. The number of rotatable bonds is 6. The molecule has 0 saturated carbocycles. The molecule has 0 rings (SSSR count). The van der Waals surface area contributed by atoms with Crippen LogP contribution in [0.5, 0.6) is 0 Å². The number of nitrogens with two attached hydrogens (primary N) is 1. The molecule has 0 fully saturated rings. The lowest BCUT2D eigenvalue weighted by Crippen LogP contribution is -2.25. The maximum absolute atomic E-state index is 5.69. The maximum atomic E-state index is 5.69. The summed E-state index contributed by atoms with van der Waals surface area (Å²) in [6, 6.07) is 0. The van der Waals surface area contributed by atoms with E-state index >= 15 is 0 Å². The quantitative estimate of drug-likeness (QED) is 0.671. The van der Waals surface area contributed by atoms with Gasteiger partial charge in [-0.05, 0) is 11.7 Å². The minimum absolute atomic E-state index is 0.690. The minimum atomic E-state index is 0.690. The summed E-state index contributed by atoms with van der Waals surface area (Å²) in [6.45, 7) is 7.56. The molecule has 1 unspecified atom stereocenters. The van der Waals surface area contributed by atoms with E-state index in [0.29, 0.717) is 5.25 Å². The molecular formula is C9H21NS. The average molecular weight is 175 g/mol. The second-order valence-corrected chi connectivity index (χ2v) is 4.32. The van der Waals surface area contributed by atoms with Crippen LogP contribution in [0.15, 0.2) is 0 Å². The molecule has 0 saturated heterocycles. The van der Waals surface area contributed by atoms with Crippen molar-refractivity contribution in [2.75, 3.05) is 12.3 Å². The van der Waals surface area contributed by atoms with Crippen molar-refractivity contribution in [2.45, 2.75) is 38.9 Å². The normalized spacial score (nSPS) is 13.9. The first kappa shape index (κ1) is 11.3. The fourth-order valence-electron chi connectivity index (χ4n) is 1.43. The Morgan fingerprint density at radius 3 is 2.00 bits per heavy atom. The van der Waals surface area contributed by atoms with Gasteiger partial charge in [-0.3, -0.25) is 0 Å². The minimum Gasteiger partial charge on any atom is -0.329 e. The zero-order chi connectivity index (χ0) is 8.69. The highest BCUT2D eigenvalue weighted by Crippen LogP contribution is 2.23. The maximum Gasteiger partial charge on any atom is 0.0198 e. The van der Waals surface area contributed by atoms with E-state index in [9.17, 15) is 0 Å². The third-order valence-corrected chi connectivity index (χ3v) is 3.53. The van der Waals surface area contributed by atoms with Gasteiger partial charge in [0.2, 0.25) is 0 Å². The van der Waals surface area contributed by atoms with Crippen molar-refractivity contribution < 1.29 is 0 Å². The van der Waals surface area contributed by atoms with E-state index in [1.54, 1.807) is 0 Å². The van der Waals surface area contributed by atoms with Crippen LogP contribution in [0.2, 0.25) is 0 Å². The molecule has 0 aliphatic rings. The van der Waals surface area contributed by atoms with Gasteiger partial charge in [-0.15, -0.1) is 0 Å². The van der Waals surface area contributed by atoms with Crippen LogP contribution in [0.1, 0.15) is 33.6 Å². The van der Waals surface area contributed by atoms with E-state index < -0.39 is 0 Å². The largest absolute Gasteiger partial charge is 0.329 e. The van der Waals surface area contributed by atoms with Gasteiger partial charge in [0.15, 0.2) is 0 Å². The van der Waals surface area contributed by atoms with E-state index in [1.165, 1.54) is 18.6 Å². The average Bonchev–Trinajstić information content (AvgIpc) is 2.05. The van der Waals surface area contributed by atoms with Gasteiger partial charge in [0.25, 0.3) is 0 Å². The second-order valence-electron chi connectivity index (χ2n) is 2.81. The number of hydrogen-bond acceptors (Lipinski definition) is 2. The standard InChI is InChI=1S/C9H21NS/c1-4-8(5-2)9(7-10)11-6-3/h8-9H,4-7,10H2,1-3H3. The van der Waals surface area contributed by atoms with Crippen molar-refractivity contribution in [2.24, 2.45) is 11.7 Å². The lowest BCUT2D eigenvalue weighted by Gasteiger charge is -2.22.